The van der Waals surface area contributed by atoms with Crippen LogP contribution >= 0.6 is 6.89 Å². The summed E-state index contributed by atoms with van der Waals surface area (Å²) in [6, 6.07) is 49.1. The van der Waals surface area contributed by atoms with Gasteiger partial charge < -0.3 is 5.32 Å². The molecule has 0 saturated carbocycles. The van der Waals surface area contributed by atoms with Gasteiger partial charge in [-0.3, -0.25) is 19.2 Å². The number of hydrogen-bond acceptors (Lipinski definition) is 5. The summed E-state index contributed by atoms with van der Waals surface area (Å²) >= 11 is 0. The van der Waals surface area contributed by atoms with E-state index in [-0.39, 0.29) is 35.5 Å². The van der Waals surface area contributed by atoms with Gasteiger partial charge in [0, 0.05) is 30.2 Å². The second-order valence-corrected chi connectivity index (χ2v) is 17.0. The van der Waals surface area contributed by atoms with Gasteiger partial charge in [0.05, 0.1) is 6.04 Å². The summed E-state index contributed by atoms with van der Waals surface area (Å²) in [5.41, 5.74) is 1.43. The molecular formula is C47H47N2O4P. The number of hydrogen-bond donors (Lipinski definition) is 1. The summed E-state index contributed by atoms with van der Waals surface area (Å²) in [7, 11) is 0. The van der Waals surface area contributed by atoms with Crippen LogP contribution in [0.15, 0.2) is 152 Å². The molecule has 6 nitrogen and oxygen atoms in total. The van der Waals surface area contributed by atoms with Gasteiger partial charge in [0.2, 0.25) is 5.91 Å². The van der Waals surface area contributed by atoms with Crippen molar-refractivity contribution in [3.63, 3.8) is 0 Å². The van der Waals surface area contributed by atoms with Crippen LogP contribution in [0.2, 0.25) is 0 Å². The lowest BCUT2D eigenvalue weighted by Gasteiger charge is -2.31. The zero-order valence-corrected chi connectivity index (χ0v) is 31.8. The average Bonchev–Trinajstić information content (AvgIpc) is 3.22. The van der Waals surface area contributed by atoms with Crippen LogP contribution in [0, 0.1) is 23.2 Å². The first-order chi connectivity index (χ1) is 26.3. The van der Waals surface area contributed by atoms with E-state index in [1.54, 1.807) is 31.2 Å². The highest BCUT2D eigenvalue weighted by Gasteiger charge is 2.37. The molecule has 0 saturated heterocycles. The highest BCUT2D eigenvalue weighted by atomic mass is 31.2. The van der Waals surface area contributed by atoms with Gasteiger partial charge in [-0.25, -0.2) is 0 Å². The third-order valence-corrected chi connectivity index (χ3v) is 14.1. The highest BCUT2D eigenvalue weighted by Crippen LogP contribution is 2.47. The van der Waals surface area contributed by atoms with Crippen molar-refractivity contribution in [2.75, 3.05) is 0 Å². The molecule has 0 heterocycles. The molecule has 1 amide bonds. The third-order valence-electron chi connectivity index (χ3n) is 9.89. The van der Waals surface area contributed by atoms with Gasteiger partial charge in [-0.1, -0.05) is 171 Å². The largest absolute Gasteiger partial charge is 0.346 e. The summed E-state index contributed by atoms with van der Waals surface area (Å²) in [4.78, 5) is 56.1. The summed E-state index contributed by atoms with van der Waals surface area (Å²) in [6.45, 7) is 0.669. The zero-order valence-electron chi connectivity index (χ0n) is 30.9. The minimum absolute atomic E-state index is 0.0198. The van der Waals surface area contributed by atoms with Crippen molar-refractivity contribution in [1.29, 1.82) is 5.26 Å². The highest BCUT2D eigenvalue weighted by molar-refractivity contribution is 7.97. The van der Waals surface area contributed by atoms with Crippen LogP contribution in [0.1, 0.15) is 61.9 Å². The van der Waals surface area contributed by atoms with Gasteiger partial charge in [-0.2, -0.15) is 5.26 Å². The van der Waals surface area contributed by atoms with Crippen LogP contribution in [0.5, 0.6) is 0 Å². The molecule has 5 rings (SSSR count). The SMILES string of the molecule is CCCCC(CC(=O)[C@H](C)NC(=O)[C@@H](CC(=O)c1ccccc1)Cc1ccccc1)C(=O)C(C#N)=P(c1ccccc1)(c1ccccc1)c1ccccc1. The van der Waals surface area contributed by atoms with E-state index in [0.717, 1.165) is 27.9 Å². The van der Waals surface area contributed by atoms with Crippen molar-refractivity contribution in [3.8, 4) is 6.07 Å². The fourth-order valence-electron chi connectivity index (χ4n) is 7.01. The topological polar surface area (TPSA) is 104 Å². The molecule has 7 heteroatoms. The van der Waals surface area contributed by atoms with Crippen LogP contribution in [0.4, 0.5) is 0 Å². The minimum Gasteiger partial charge on any atom is -0.346 e. The summed E-state index contributed by atoms with van der Waals surface area (Å²) in [6.07, 6.45) is 2.10. The van der Waals surface area contributed by atoms with Crippen LogP contribution in [-0.2, 0) is 20.8 Å². The number of carbonyl (C=O) groups excluding carboxylic acids is 4. The maximum atomic E-state index is 15.0. The molecule has 0 aromatic heterocycles. The molecule has 1 N–H and O–H groups in total. The molecule has 1 unspecified atom stereocenters. The predicted octanol–water partition coefficient (Wildman–Crippen LogP) is 7.65. The van der Waals surface area contributed by atoms with Crippen molar-refractivity contribution in [2.45, 2.75) is 58.4 Å². The number of Topliss-reactive ketones (excluding diaryl/α,β-unsaturated/α-hetero) is 3. The van der Waals surface area contributed by atoms with Gasteiger partial charge in [0.15, 0.2) is 17.3 Å². The lowest BCUT2D eigenvalue weighted by molar-refractivity contribution is -0.131. The molecule has 0 bridgehead atoms. The standard InChI is InChI=1S/C47H47N2O4P/c1-3-4-22-38(32-43(50)35(2)49-47(53)39(31-36-20-10-5-11-21-36)33-44(51)37-23-12-6-13-24-37)46(52)45(34-48)54(40-25-14-7-15-26-40,41-27-16-8-17-28-41)42-29-18-9-19-30-42/h5-21,23-30,35,38-39H,3-4,22,31-33H2,1-2H3,(H,49,53)/t35-,38?,39+/m0/s1. The first-order valence-electron chi connectivity index (χ1n) is 18.6. The van der Waals surface area contributed by atoms with Gasteiger partial charge in [0.1, 0.15) is 11.4 Å². The number of rotatable bonds is 18. The number of unbranched alkanes of at least 4 members (excludes halogenated alkanes) is 1. The van der Waals surface area contributed by atoms with E-state index < -0.39 is 30.7 Å². The van der Waals surface area contributed by atoms with Crippen LogP contribution in [-0.4, -0.2) is 34.6 Å². The number of benzene rings is 5. The normalized spacial score (nSPS) is 12.8. The molecule has 54 heavy (non-hydrogen) atoms. The molecule has 274 valence electrons. The second-order valence-electron chi connectivity index (χ2n) is 13.6. The quantitative estimate of drug-likeness (QED) is 0.0736. The Labute approximate surface area is 319 Å². The Morgan fingerprint density at radius 2 is 1.11 bits per heavy atom. The molecule has 0 fully saturated rings. The van der Waals surface area contributed by atoms with Gasteiger partial charge in [-0.05, 0) is 48.1 Å². The molecule has 5 aromatic carbocycles. The average molecular weight is 735 g/mol. The first kappa shape index (κ1) is 39.6. The van der Waals surface area contributed by atoms with Crippen LogP contribution < -0.4 is 21.2 Å². The van der Waals surface area contributed by atoms with Crippen LogP contribution in [0.25, 0.3) is 0 Å². The van der Waals surface area contributed by atoms with Gasteiger partial charge >= 0.3 is 0 Å². The number of carbonyl (C=O) groups is 4. The Morgan fingerprint density at radius 3 is 1.57 bits per heavy atom. The molecule has 0 aliphatic rings. The Kier molecular flexibility index (Phi) is 14.3. The smallest absolute Gasteiger partial charge is 0.224 e. The molecule has 0 spiro atoms. The summed E-state index contributed by atoms with van der Waals surface area (Å²) < 4.78 is 0. The monoisotopic (exact) mass is 734 g/mol. The number of nitriles is 1. The first-order valence-corrected chi connectivity index (χ1v) is 20.4. The molecule has 0 radical (unpaired) electrons. The second kappa shape index (κ2) is 19.4. The Balaban J connectivity index is 1.48. The number of nitrogens with one attached hydrogen (secondary N) is 1. The van der Waals surface area contributed by atoms with Gasteiger partial charge in [-0.15, -0.1) is 0 Å². The van der Waals surface area contributed by atoms with Crippen molar-refractivity contribution < 1.29 is 19.2 Å². The predicted molar refractivity (Wildman–Crippen MR) is 220 cm³/mol. The third kappa shape index (κ3) is 9.47. The van der Waals surface area contributed by atoms with Crippen molar-refractivity contribution in [1.82, 2.24) is 5.32 Å². The maximum Gasteiger partial charge on any atom is 0.224 e. The van der Waals surface area contributed by atoms with Crippen molar-refractivity contribution >= 4 is 51.4 Å². The fraction of sp³-hybridized carbons (Fsp3) is 0.234. The Hall–Kier alpha value is -5.63. The maximum absolute atomic E-state index is 15.0. The summed E-state index contributed by atoms with van der Waals surface area (Å²) in [5, 5.41) is 16.7. The van der Waals surface area contributed by atoms with E-state index in [1.165, 1.54) is 0 Å². The lowest BCUT2D eigenvalue weighted by Crippen LogP contribution is -2.44. The number of amides is 1. The molecule has 0 aliphatic carbocycles. The number of ketones is 3. The van der Waals surface area contributed by atoms with E-state index in [2.05, 4.69) is 11.4 Å². The van der Waals surface area contributed by atoms with Gasteiger partial charge in [0.25, 0.3) is 0 Å². The van der Waals surface area contributed by atoms with Crippen molar-refractivity contribution in [2.24, 2.45) is 11.8 Å². The van der Waals surface area contributed by atoms with E-state index in [0.29, 0.717) is 24.8 Å². The fourth-order valence-corrected chi connectivity index (χ4v) is 11.2. The molecular weight excluding hydrogens is 688 g/mol. The molecule has 3 atom stereocenters. The summed E-state index contributed by atoms with van der Waals surface area (Å²) in [5.74, 6) is -2.66. The zero-order chi connectivity index (χ0) is 38.3. The minimum atomic E-state index is -2.99. The molecule has 0 aliphatic heterocycles. The van der Waals surface area contributed by atoms with Crippen molar-refractivity contribution in [3.05, 3.63) is 163 Å². The van der Waals surface area contributed by atoms with Crippen LogP contribution in [0.3, 0.4) is 0 Å². The number of nitrogens with zero attached hydrogens (tertiary/aromatic N) is 1. The van der Waals surface area contributed by atoms with E-state index in [1.807, 2.05) is 134 Å². The Bertz CT molecular complexity index is 2010. The van der Waals surface area contributed by atoms with E-state index in [4.69, 9.17) is 0 Å². The van der Waals surface area contributed by atoms with E-state index in [9.17, 15) is 24.4 Å². The lowest BCUT2D eigenvalue weighted by atomic mass is 9.88. The molecule has 5 aromatic rings. The van der Waals surface area contributed by atoms with E-state index >= 15 is 0 Å². The Morgan fingerprint density at radius 1 is 0.648 bits per heavy atom.